The minimum absolute atomic E-state index is 0.495. The highest BCUT2D eigenvalue weighted by atomic mass is 16.5. The van der Waals surface area contributed by atoms with Crippen LogP contribution in [0.1, 0.15) is 46.0 Å². The molecule has 0 bridgehead atoms. The van der Waals surface area contributed by atoms with Gasteiger partial charge in [-0.15, -0.1) is 0 Å². The van der Waals surface area contributed by atoms with Gasteiger partial charge in [-0.25, -0.2) is 0 Å². The quantitative estimate of drug-likeness (QED) is 0.774. The molecule has 0 spiro atoms. The summed E-state index contributed by atoms with van der Waals surface area (Å²) in [6.45, 7) is 6.82. The summed E-state index contributed by atoms with van der Waals surface area (Å²) in [5.41, 5.74) is 0. The van der Waals surface area contributed by atoms with Gasteiger partial charge in [0.05, 0.1) is 6.10 Å². The van der Waals surface area contributed by atoms with E-state index in [1.165, 1.54) is 32.1 Å². The zero-order valence-electron chi connectivity index (χ0n) is 10.2. The van der Waals surface area contributed by atoms with E-state index in [0.29, 0.717) is 6.10 Å². The summed E-state index contributed by atoms with van der Waals surface area (Å²) in [5, 5.41) is 3.72. The highest BCUT2D eigenvalue weighted by Gasteiger charge is 2.26. The Bertz CT molecular complexity index is 189. The van der Waals surface area contributed by atoms with Crippen molar-refractivity contribution in [2.24, 2.45) is 11.8 Å². The molecule has 88 valence electrons. The number of ether oxygens (including phenoxy) is 1. The van der Waals surface area contributed by atoms with Gasteiger partial charge in [-0.1, -0.05) is 20.3 Å². The van der Waals surface area contributed by atoms with E-state index in [1.54, 1.807) is 0 Å². The van der Waals surface area contributed by atoms with Crippen LogP contribution in [0, 0.1) is 11.8 Å². The summed E-state index contributed by atoms with van der Waals surface area (Å²) in [5.74, 6) is 1.76. The molecule has 2 heteroatoms. The third-order valence-electron chi connectivity index (χ3n) is 4.09. The van der Waals surface area contributed by atoms with Crippen molar-refractivity contribution >= 4 is 0 Å². The lowest BCUT2D eigenvalue weighted by Gasteiger charge is -2.34. The molecule has 0 aromatic rings. The summed E-state index contributed by atoms with van der Waals surface area (Å²) in [4.78, 5) is 0. The predicted molar refractivity (Wildman–Crippen MR) is 62.9 cm³/mol. The van der Waals surface area contributed by atoms with Crippen LogP contribution in [-0.4, -0.2) is 25.3 Å². The summed E-state index contributed by atoms with van der Waals surface area (Å²) >= 11 is 0. The molecule has 0 amide bonds. The van der Waals surface area contributed by atoms with Crippen molar-refractivity contribution in [2.75, 3.05) is 13.2 Å². The Morgan fingerprint density at radius 1 is 1.20 bits per heavy atom. The van der Waals surface area contributed by atoms with E-state index in [9.17, 15) is 0 Å². The average molecular weight is 211 g/mol. The summed E-state index contributed by atoms with van der Waals surface area (Å²) in [7, 11) is 0. The molecule has 1 heterocycles. The highest BCUT2D eigenvalue weighted by Crippen LogP contribution is 2.28. The Balaban J connectivity index is 1.72. The largest absolute Gasteiger partial charge is 0.377 e. The van der Waals surface area contributed by atoms with Gasteiger partial charge >= 0.3 is 0 Å². The van der Waals surface area contributed by atoms with Gasteiger partial charge in [-0.2, -0.15) is 0 Å². The van der Waals surface area contributed by atoms with Crippen LogP contribution in [0.3, 0.4) is 0 Å². The van der Waals surface area contributed by atoms with Crippen LogP contribution in [0.4, 0.5) is 0 Å². The van der Waals surface area contributed by atoms with Crippen molar-refractivity contribution in [1.29, 1.82) is 0 Å². The third kappa shape index (κ3) is 3.18. The van der Waals surface area contributed by atoms with Gasteiger partial charge in [0.1, 0.15) is 0 Å². The van der Waals surface area contributed by atoms with E-state index in [0.717, 1.165) is 31.0 Å². The van der Waals surface area contributed by atoms with Gasteiger partial charge in [0.15, 0.2) is 0 Å². The van der Waals surface area contributed by atoms with Crippen molar-refractivity contribution in [1.82, 2.24) is 5.32 Å². The number of rotatable bonds is 3. The molecular formula is C13H25NO. The normalized spacial score (nSPS) is 42.0. The number of hydrogen-bond acceptors (Lipinski definition) is 2. The number of nitrogens with one attached hydrogen (secondary N) is 1. The van der Waals surface area contributed by atoms with Crippen molar-refractivity contribution in [3.05, 3.63) is 0 Å². The Morgan fingerprint density at radius 3 is 2.80 bits per heavy atom. The molecule has 1 aliphatic heterocycles. The van der Waals surface area contributed by atoms with Crippen LogP contribution in [0.5, 0.6) is 0 Å². The lowest BCUT2D eigenvalue weighted by Crippen LogP contribution is -2.42. The first-order chi connectivity index (χ1) is 7.25. The topological polar surface area (TPSA) is 21.3 Å². The zero-order chi connectivity index (χ0) is 10.7. The predicted octanol–water partition coefficient (Wildman–Crippen LogP) is 2.58. The molecule has 15 heavy (non-hydrogen) atoms. The van der Waals surface area contributed by atoms with Gasteiger partial charge < -0.3 is 10.1 Å². The Hall–Kier alpha value is -0.0800. The fourth-order valence-electron chi connectivity index (χ4n) is 2.90. The minimum atomic E-state index is 0.495. The van der Waals surface area contributed by atoms with Crippen molar-refractivity contribution in [3.63, 3.8) is 0 Å². The van der Waals surface area contributed by atoms with E-state index in [4.69, 9.17) is 4.74 Å². The standard InChI is InChI=1S/C13H25NO/c1-10-5-6-11(2)13(8-10)14-9-12-4-3-7-15-12/h10-14H,3-9H2,1-2H3. The summed E-state index contributed by atoms with van der Waals surface area (Å²) in [6.07, 6.45) is 7.17. The molecule has 1 N–H and O–H groups in total. The lowest BCUT2D eigenvalue weighted by atomic mass is 9.80. The van der Waals surface area contributed by atoms with Crippen LogP contribution in [-0.2, 0) is 4.74 Å². The van der Waals surface area contributed by atoms with E-state index in [-0.39, 0.29) is 0 Å². The van der Waals surface area contributed by atoms with Crippen LogP contribution >= 0.6 is 0 Å². The molecule has 0 aromatic heterocycles. The molecule has 2 aliphatic rings. The highest BCUT2D eigenvalue weighted by molar-refractivity contribution is 4.82. The molecule has 2 nitrogen and oxygen atoms in total. The fourth-order valence-corrected chi connectivity index (χ4v) is 2.90. The van der Waals surface area contributed by atoms with Crippen LogP contribution in [0.15, 0.2) is 0 Å². The maximum Gasteiger partial charge on any atom is 0.0700 e. The van der Waals surface area contributed by atoms with E-state index in [2.05, 4.69) is 19.2 Å². The first-order valence-corrected chi connectivity index (χ1v) is 6.60. The van der Waals surface area contributed by atoms with Gasteiger partial charge in [0, 0.05) is 19.2 Å². The zero-order valence-corrected chi connectivity index (χ0v) is 10.2. The molecule has 1 saturated carbocycles. The second-order valence-electron chi connectivity index (χ2n) is 5.55. The molecule has 1 saturated heterocycles. The van der Waals surface area contributed by atoms with Gasteiger partial charge in [-0.05, 0) is 37.5 Å². The molecule has 4 unspecified atom stereocenters. The van der Waals surface area contributed by atoms with E-state index in [1.807, 2.05) is 0 Å². The van der Waals surface area contributed by atoms with Crippen molar-refractivity contribution in [2.45, 2.75) is 58.1 Å². The first kappa shape index (κ1) is 11.4. The molecule has 0 radical (unpaired) electrons. The first-order valence-electron chi connectivity index (χ1n) is 6.60. The Morgan fingerprint density at radius 2 is 2.07 bits per heavy atom. The van der Waals surface area contributed by atoms with Gasteiger partial charge in [-0.3, -0.25) is 0 Å². The fraction of sp³-hybridized carbons (Fsp3) is 1.00. The summed E-state index contributed by atoms with van der Waals surface area (Å²) in [6, 6.07) is 0.734. The SMILES string of the molecule is CC1CCC(C)C(NCC2CCCO2)C1. The second kappa shape index (κ2) is 5.31. The molecule has 4 atom stereocenters. The maximum atomic E-state index is 5.64. The Labute approximate surface area is 93.8 Å². The van der Waals surface area contributed by atoms with Gasteiger partial charge in [0.25, 0.3) is 0 Å². The monoisotopic (exact) mass is 211 g/mol. The molecule has 1 aliphatic carbocycles. The molecule has 2 fully saturated rings. The van der Waals surface area contributed by atoms with Crippen molar-refractivity contribution in [3.8, 4) is 0 Å². The van der Waals surface area contributed by atoms with Gasteiger partial charge in [0.2, 0.25) is 0 Å². The summed E-state index contributed by atoms with van der Waals surface area (Å²) < 4.78 is 5.64. The smallest absolute Gasteiger partial charge is 0.0700 e. The third-order valence-corrected chi connectivity index (χ3v) is 4.09. The van der Waals surface area contributed by atoms with Crippen LogP contribution < -0.4 is 5.32 Å². The van der Waals surface area contributed by atoms with Crippen LogP contribution in [0.2, 0.25) is 0 Å². The lowest BCUT2D eigenvalue weighted by molar-refractivity contribution is 0.1000. The molecule has 2 rings (SSSR count). The van der Waals surface area contributed by atoms with E-state index < -0.39 is 0 Å². The van der Waals surface area contributed by atoms with Crippen LogP contribution in [0.25, 0.3) is 0 Å². The van der Waals surface area contributed by atoms with Crippen molar-refractivity contribution < 1.29 is 4.74 Å². The minimum Gasteiger partial charge on any atom is -0.377 e. The average Bonchev–Trinajstić information content (AvgIpc) is 2.72. The number of hydrogen-bond donors (Lipinski definition) is 1. The molecular weight excluding hydrogens is 186 g/mol. The molecule has 0 aromatic carbocycles. The second-order valence-corrected chi connectivity index (χ2v) is 5.55. The van der Waals surface area contributed by atoms with E-state index >= 15 is 0 Å². The maximum absolute atomic E-state index is 5.64. The Kier molecular flexibility index (Phi) is 4.04.